The molecule has 0 aromatic carbocycles. The SMILES string of the molecule is CNC(CC1CCC1)c1ccc(C)o1. The highest BCUT2D eigenvalue weighted by Crippen LogP contribution is 2.34. The van der Waals surface area contributed by atoms with Gasteiger partial charge < -0.3 is 9.73 Å². The molecule has 2 heteroatoms. The molecule has 1 atom stereocenters. The Labute approximate surface area is 85.7 Å². The zero-order valence-electron chi connectivity index (χ0n) is 9.05. The van der Waals surface area contributed by atoms with Crippen LogP contribution < -0.4 is 5.32 Å². The van der Waals surface area contributed by atoms with Gasteiger partial charge in [-0.15, -0.1) is 0 Å². The zero-order chi connectivity index (χ0) is 9.97. The van der Waals surface area contributed by atoms with E-state index in [2.05, 4.69) is 11.4 Å². The molecule has 1 aliphatic rings. The third-order valence-electron chi connectivity index (χ3n) is 3.25. The fraction of sp³-hybridized carbons (Fsp3) is 0.667. The molecule has 0 bridgehead atoms. The molecule has 1 heterocycles. The van der Waals surface area contributed by atoms with Crippen LogP contribution in [0.1, 0.15) is 43.2 Å². The predicted octanol–water partition coefficient (Wildman–Crippen LogP) is 3.04. The summed E-state index contributed by atoms with van der Waals surface area (Å²) in [7, 11) is 2.02. The van der Waals surface area contributed by atoms with Crippen molar-refractivity contribution in [1.29, 1.82) is 0 Å². The van der Waals surface area contributed by atoms with Crippen LogP contribution in [0.5, 0.6) is 0 Å². The van der Waals surface area contributed by atoms with Crippen molar-refractivity contribution >= 4 is 0 Å². The second-order valence-corrected chi connectivity index (χ2v) is 4.32. The van der Waals surface area contributed by atoms with E-state index in [1.807, 2.05) is 20.0 Å². The van der Waals surface area contributed by atoms with Gasteiger partial charge in [-0.25, -0.2) is 0 Å². The molecular weight excluding hydrogens is 174 g/mol. The summed E-state index contributed by atoms with van der Waals surface area (Å²) >= 11 is 0. The van der Waals surface area contributed by atoms with Gasteiger partial charge in [-0.2, -0.15) is 0 Å². The van der Waals surface area contributed by atoms with E-state index in [1.54, 1.807) is 0 Å². The van der Waals surface area contributed by atoms with Crippen LogP contribution in [0.4, 0.5) is 0 Å². The van der Waals surface area contributed by atoms with Crippen LogP contribution in [0.2, 0.25) is 0 Å². The van der Waals surface area contributed by atoms with Gasteiger partial charge >= 0.3 is 0 Å². The Balaban J connectivity index is 1.97. The average molecular weight is 193 g/mol. The summed E-state index contributed by atoms with van der Waals surface area (Å²) in [6, 6.07) is 4.55. The zero-order valence-corrected chi connectivity index (χ0v) is 9.05. The molecule has 2 rings (SSSR count). The number of nitrogens with one attached hydrogen (secondary N) is 1. The van der Waals surface area contributed by atoms with E-state index in [0.717, 1.165) is 17.4 Å². The number of rotatable bonds is 4. The summed E-state index contributed by atoms with van der Waals surface area (Å²) in [4.78, 5) is 0. The Morgan fingerprint density at radius 1 is 1.50 bits per heavy atom. The monoisotopic (exact) mass is 193 g/mol. The van der Waals surface area contributed by atoms with Crippen molar-refractivity contribution in [1.82, 2.24) is 5.32 Å². The highest BCUT2D eigenvalue weighted by atomic mass is 16.3. The van der Waals surface area contributed by atoms with E-state index in [0.29, 0.717) is 6.04 Å². The lowest BCUT2D eigenvalue weighted by Crippen LogP contribution is -2.22. The lowest BCUT2D eigenvalue weighted by atomic mass is 9.80. The summed E-state index contributed by atoms with van der Waals surface area (Å²) in [6.07, 6.45) is 5.44. The highest BCUT2D eigenvalue weighted by Gasteiger charge is 2.23. The first kappa shape index (κ1) is 9.78. The third kappa shape index (κ3) is 2.01. The molecule has 0 aliphatic heterocycles. The van der Waals surface area contributed by atoms with Gasteiger partial charge in [-0.05, 0) is 38.4 Å². The molecule has 1 unspecified atom stereocenters. The van der Waals surface area contributed by atoms with Crippen LogP contribution in [0, 0.1) is 12.8 Å². The van der Waals surface area contributed by atoms with Crippen molar-refractivity contribution in [2.75, 3.05) is 7.05 Å². The molecule has 1 aliphatic carbocycles. The minimum absolute atomic E-state index is 0.411. The van der Waals surface area contributed by atoms with Crippen LogP contribution in [0.3, 0.4) is 0 Å². The van der Waals surface area contributed by atoms with E-state index in [1.165, 1.54) is 25.7 Å². The molecule has 2 nitrogen and oxygen atoms in total. The second kappa shape index (κ2) is 4.18. The first-order chi connectivity index (χ1) is 6.79. The van der Waals surface area contributed by atoms with Crippen LogP contribution in [0.15, 0.2) is 16.5 Å². The standard InChI is InChI=1S/C12H19NO/c1-9-6-7-12(14-9)11(13-2)8-10-4-3-5-10/h6-7,10-11,13H,3-5,8H2,1-2H3. The molecule has 78 valence electrons. The van der Waals surface area contributed by atoms with Crippen molar-refractivity contribution in [2.45, 2.75) is 38.6 Å². The van der Waals surface area contributed by atoms with Gasteiger partial charge in [-0.3, -0.25) is 0 Å². The molecule has 1 saturated carbocycles. The minimum Gasteiger partial charge on any atom is -0.465 e. The summed E-state index contributed by atoms with van der Waals surface area (Å²) in [5, 5.41) is 3.34. The lowest BCUT2D eigenvalue weighted by molar-refractivity contribution is 0.250. The van der Waals surface area contributed by atoms with E-state index in [4.69, 9.17) is 4.42 Å². The van der Waals surface area contributed by atoms with E-state index in [9.17, 15) is 0 Å². The Morgan fingerprint density at radius 2 is 2.29 bits per heavy atom. The summed E-state index contributed by atoms with van der Waals surface area (Å²) in [6.45, 7) is 2.00. The molecule has 14 heavy (non-hydrogen) atoms. The minimum atomic E-state index is 0.411. The largest absolute Gasteiger partial charge is 0.465 e. The maximum atomic E-state index is 5.64. The Bertz CT molecular complexity index is 288. The highest BCUT2D eigenvalue weighted by molar-refractivity contribution is 5.09. The number of aryl methyl sites for hydroxylation is 1. The van der Waals surface area contributed by atoms with Crippen molar-refractivity contribution in [2.24, 2.45) is 5.92 Å². The topological polar surface area (TPSA) is 25.2 Å². The fourth-order valence-corrected chi connectivity index (χ4v) is 2.08. The van der Waals surface area contributed by atoms with Crippen LogP contribution in [-0.2, 0) is 0 Å². The van der Waals surface area contributed by atoms with Crippen molar-refractivity contribution in [3.63, 3.8) is 0 Å². The van der Waals surface area contributed by atoms with E-state index in [-0.39, 0.29) is 0 Å². The van der Waals surface area contributed by atoms with E-state index >= 15 is 0 Å². The summed E-state index contributed by atoms with van der Waals surface area (Å²) in [5.41, 5.74) is 0. The lowest BCUT2D eigenvalue weighted by Gasteiger charge is -2.28. The molecule has 1 fully saturated rings. The van der Waals surface area contributed by atoms with Gasteiger partial charge in [0.25, 0.3) is 0 Å². The first-order valence-corrected chi connectivity index (χ1v) is 5.53. The molecule has 0 radical (unpaired) electrons. The summed E-state index contributed by atoms with van der Waals surface area (Å²) in [5.74, 6) is 3.02. The van der Waals surface area contributed by atoms with Gasteiger partial charge in [0.1, 0.15) is 11.5 Å². The molecule has 1 N–H and O–H groups in total. The Kier molecular flexibility index (Phi) is 2.92. The molecule has 1 aromatic heterocycles. The quantitative estimate of drug-likeness (QED) is 0.795. The third-order valence-corrected chi connectivity index (χ3v) is 3.25. The number of hydrogen-bond donors (Lipinski definition) is 1. The molecular formula is C12H19NO. The number of furan rings is 1. The second-order valence-electron chi connectivity index (χ2n) is 4.32. The van der Waals surface area contributed by atoms with Crippen molar-refractivity contribution in [3.8, 4) is 0 Å². The summed E-state index contributed by atoms with van der Waals surface area (Å²) < 4.78 is 5.64. The van der Waals surface area contributed by atoms with Crippen LogP contribution >= 0.6 is 0 Å². The van der Waals surface area contributed by atoms with Crippen LogP contribution in [-0.4, -0.2) is 7.05 Å². The van der Waals surface area contributed by atoms with E-state index < -0.39 is 0 Å². The maximum Gasteiger partial charge on any atom is 0.121 e. The number of hydrogen-bond acceptors (Lipinski definition) is 2. The Morgan fingerprint density at radius 3 is 2.71 bits per heavy atom. The molecule has 0 spiro atoms. The maximum absolute atomic E-state index is 5.64. The molecule has 1 aromatic rings. The van der Waals surface area contributed by atoms with Crippen LogP contribution in [0.25, 0.3) is 0 Å². The van der Waals surface area contributed by atoms with Crippen molar-refractivity contribution < 1.29 is 4.42 Å². The van der Waals surface area contributed by atoms with Gasteiger partial charge in [0.2, 0.25) is 0 Å². The van der Waals surface area contributed by atoms with Gasteiger partial charge in [0.15, 0.2) is 0 Å². The average Bonchev–Trinajstić information content (AvgIpc) is 2.50. The Hall–Kier alpha value is -0.760. The first-order valence-electron chi connectivity index (χ1n) is 5.53. The molecule has 0 saturated heterocycles. The normalized spacial score (nSPS) is 19.3. The smallest absolute Gasteiger partial charge is 0.121 e. The van der Waals surface area contributed by atoms with Gasteiger partial charge in [0.05, 0.1) is 6.04 Å². The predicted molar refractivity (Wildman–Crippen MR) is 57.2 cm³/mol. The van der Waals surface area contributed by atoms with Crippen molar-refractivity contribution in [3.05, 3.63) is 23.7 Å². The fourth-order valence-electron chi connectivity index (χ4n) is 2.08. The van der Waals surface area contributed by atoms with Gasteiger partial charge in [-0.1, -0.05) is 19.3 Å². The molecule has 0 amide bonds. The van der Waals surface area contributed by atoms with Gasteiger partial charge in [0, 0.05) is 0 Å².